The zero-order valence-corrected chi connectivity index (χ0v) is 9.77. The van der Waals surface area contributed by atoms with Crippen molar-refractivity contribution in [1.29, 1.82) is 0 Å². The van der Waals surface area contributed by atoms with E-state index >= 15 is 0 Å². The third-order valence-electron chi connectivity index (χ3n) is 2.17. The molecule has 2 aromatic heterocycles. The van der Waals surface area contributed by atoms with Crippen molar-refractivity contribution in [2.24, 2.45) is 0 Å². The Morgan fingerprint density at radius 1 is 1.42 bits per heavy atom. The molecule has 1 N–H and O–H groups in total. The molecule has 0 fully saturated rings. The molecule has 2 heterocycles. The number of hydrogen-bond donors (Lipinski definition) is 1. The maximum atomic E-state index is 12.4. The number of rotatable bonds is 2. The van der Waals surface area contributed by atoms with E-state index in [1.165, 1.54) is 0 Å². The molecule has 0 saturated heterocycles. The Balaban J connectivity index is 2.43. The van der Waals surface area contributed by atoms with Gasteiger partial charge in [0.15, 0.2) is 11.5 Å². The minimum absolute atomic E-state index is 0.0813. The second-order valence-corrected chi connectivity index (χ2v) is 3.89. The lowest BCUT2D eigenvalue weighted by atomic mass is 10.3. The Hall–Kier alpha value is -2.09. The summed E-state index contributed by atoms with van der Waals surface area (Å²) in [7, 11) is 0. The van der Waals surface area contributed by atoms with Crippen LogP contribution in [0, 0.1) is 0 Å². The van der Waals surface area contributed by atoms with Crippen LogP contribution in [0.3, 0.4) is 0 Å². The second kappa shape index (κ2) is 4.54. The fraction of sp³-hybridized carbons (Fsp3) is 0.100. The first-order valence-corrected chi connectivity index (χ1v) is 5.19. The molecule has 0 unspecified atom stereocenters. The van der Waals surface area contributed by atoms with Gasteiger partial charge in [-0.15, -0.1) is 0 Å². The highest BCUT2D eigenvalue weighted by atomic mass is 35.5. The zero-order valence-electron chi connectivity index (χ0n) is 9.02. The number of carbonyl (C=O) groups is 1. The summed E-state index contributed by atoms with van der Waals surface area (Å²) in [5.41, 5.74) is -1.26. The quantitative estimate of drug-likeness (QED) is 0.923. The van der Waals surface area contributed by atoms with Crippen molar-refractivity contribution in [2.45, 2.75) is 6.18 Å². The van der Waals surface area contributed by atoms with Crippen LogP contribution in [0.1, 0.15) is 16.1 Å². The first-order chi connectivity index (χ1) is 8.79. The molecular weight excluding hydrogens is 287 g/mol. The largest absolute Gasteiger partial charge is 0.478 e. The van der Waals surface area contributed by atoms with Gasteiger partial charge in [-0.3, -0.25) is 0 Å². The minimum Gasteiger partial charge on any atom is -0.478 e. The molecule has 0 aliphatic carbocycles. The van der Waals surface area contributed by atoms with Crippen LogP contribution in [-0.4, -0.2) is 25.8 Å². The number of carboxylic acids is 1. The first-order valence-electron chi connectivity index (χ1n) is 4.81. The molecule has 100 valence electrons. The summed E-state index contributed by atoms with van der Waals surface area (Å²) in [6.45, 7) is 0. The van der Waals surface area contributed by atoms with E-state index in [-0.39, 0.29) is 16.4 Å². The highest BCUT2D eigenvalue weighted by Gasteiger charge is 2.33. The molecule has 0 amide bonds. The highest BCUT2D eigenvalue weighted by Crippen LogP contribution is 2.28. The van der Waals surface area contributed by atoms with Crippen molar-refractivity contribution in [3.8, 4) is 5.82 Å². The molecule has 0 aromatic carbocycles. The molecule has 2 rings (SSSR count). The summed E-state index contributed by atoms with van der Waals surface area (Å²) >= 11 is 5.76. The van der Waals surface area contributed by atoms with Crippen molar-refractivity contribution in [3.63, 3.8) is 0 Å². The topological polar surface area (TPSA) is 68.0 Å². The van der Waals surface area contributed by atoms with Gasteiger partial charge in [0.05, 0.1) is 10.6 Å². The maximum Gasteiger partial charge on any atom is 0.435 e. The maximum absolute atomic E-state index is 12.4. The van der Waals surface area contributed by atoms with Gasteiger partial charge < -0.3 is 5.11 Å². The van der Waals surface area contributed by atoms with E-state index in [9.17, 15) is 18.0 Å². The van der Waals surface area contributed by atoms with E-state index in [1.54, 1.807) is 0 Å². The fourth-order valence-electron chi connectivity index (χ4n) is 1.31. The van der Waals surface area contributed by atoms with Crippen LogP contribution >= 0.6 is 11.6 Å². The van der Waals surface area contributed by atoms with E-state index in [1.807, 2.05) is 0 Å². The molecule has 0 atom stereocenters. The van der Waals surface area contributed by atoms with E-state index in [0.29, 0.717) is 0 Å². The normalized spacial score (nSPS) is 11.6. The van der Waals surface area contributed by atoms with Crippen LogP contribution in [0.4, 0.5) is 13.2 Å². The minimum atomic E-state index is -4.57. The molecule has 0 saturated carbocycles. The van der Waals surface area contributed by atoms with Crippen molar-refractivity contribution in [1.82, 2.24) is 14.8 Å². The van der Waals surface area contributed by atoms with Gasteiger partial charge in [0.2, 0.25) is 0 Å². The lowest BCUT2D eigenvalue weighted by Gasteiger charge is -2.04. The Bertz CT molecular complexity index is 639. The molecule has 0 aliphatic heterocycles. The van der Waals surface area contributed by atoms with Crippen LogP contribution in [0.25, 0.3) is 5.82 Å². The smallest absolute Gasteiger partial charge is 0.435 e. The average molecular weight is 292 g/mol. The number of nitrogens with zero attached hydrogens (tertiary/aromatic N) is 3. The number of alkyl halides is 3. The number of carboxylic acid groups (broad SMARTS) is 1. The summed E-state index contributed by atoms with van der Waals surface area (Å²) in [5.74, 6) is -1.32. The first kappa shape index (κ1) is 13.3. The van der Waals surface area contributed by atoms with Gasteiger partial charge in [-0.25, -0.2) is 14.5 Å². The summed E-state index contributed by atoms with van der Waals surface area (Å²) < 4.78 is 38.0. The highest BCUT2D eigenvalue weighted by molar-refractivity contribution is 6.32. The molecule has 19 heavy (non-hydrogen) atoms. The van der Waals surface area contributed by atoms with Gasteiger partial charge in [-0.2, -0.15) is 18.3 Å². The third kappa shape index (κ3) is 2.68. The SMILES string of the molecule is O=C(O)c1cnc(-n2ccc(C(F)(F)F)n2)c(Cl)c1. The van der Waals surface area contributed by atoms with E-state index < -0.39 is 17.8 Å². The number of aromatic carboxylic acids is 1. The second-order valence-electron chi connectivity index (χ2n) is 3.48. The lowest BCUT2D eigenvalue weighted by molar-refractivity contribution is -0.141. The zero-order chi connectivity index (χ0) is 14.2. The number of halogens is 4. The van der Waals surface area contributed by atoms with Gasteiger partial charge >= 0.3 is 12.1 Å². The van der Waals surface area contributed by atoms with Crippen LogP contribution < -0.4 is 0 Å². The molecule has 5 nitrogen and oxygen atoms in total. The molecule has 2 aromatic rings. The van der Waals surface area contributed by atoms with Gasteiger partial charge in [-0.1, -0.05) is 11.6 Å². The summed E-state index contributed by atoms with van der Waals surface area (Å²) in [4.78, 5) is 14.4. The molecule has 0 bridgehead atoms. The lowest BCUT2D eigenvalue weighted by Crippen LogP contribution is -2.08. The van der Waals surface area contributed by atoms with Crippen molar-refractivity contribution in [2.75, 3.05) is 0 Å². The summed E-state index contributed by atoms with van der Waals surface area (Å²) in [6, 6.07) is 1.85. The number of aromatic nitrogens is 3. The molecule has 0 spiro atoms. The van der Waals surface area contributed by atoms with Gasteiger partial charge in [0.25, 0.3) is 0 Å². The third-order valence-corrected chi connectivity index (χ3v) is 2.44. The van der Waals surface area contributed by atoms with Gasteiger partial charge in [0.1, 0.15) is 0 Å². The van der Waals surface area contributed by atoms with Crippen LogP contribution in [0.15, 0.2) is 24.5 Å². The van der Waals surface area contributed by atoms with Crippen molar-refractivity contribution in [3.05, 3.63) is 40.8 Å². The predicted molar refractivity (Wildman–Crippen MR) is 58.3 cm³/mol. The fourth-order valence-corrected chi connectivity index (χ4v) is 1.56. The summed E-state index contributed by atoms with van der Waals surface area (Å²) in [6.07, 6.45) is -2.55. The monoisotopic (exact) mass is 291 g/mol. The van der Waals surface area contributed by atoms with Crippen LogP contribution in [0.5, 0.6) is 0 Å². The Morgan fingerprint density at radius 3 is 2.58 bits per heavy atom. The van der Waals surface area contributed by atoms with Crippen molar-refractivity contribution < 1.29 is 23.1 Å². The van der Waals surface area contributed by atoms with Gasteiger partial charge in [0, 0.05) is 12.4 Å². The average Bonchev–Trinajstić information content (AvgIpc) is 2.77. The Labute approximate surface area is 109 Å². The van der Waals surface area contributed by atoms with Crippen LogP contribution in [0.2, 0.25) is 5.02 Å². The standard InChI is InChI=1S/C10H5ClF3N3O2/c11-6-3-5(9(18)19)4-15-8(6)17-2-1-7(16-17)10(12,13)14/h1-4H,(H,18,19). The van der Waals surface area contributed by atoms with Crippen LogP contribution in [-0.2, 0) is 6.18 Å². The molecule has 0 aliphatic rings. The number of hydrogen-bond acceptors (Lipinski definition) is 3. The van der Waals surface area contributed by atoms with Crippen molar-refractivity contribution >= 4 is 17.6 Å². The Kier molecular flexibility index (Phi) is 3.19. The molecule has 0 radical (unpaired) electrons. The molecular formula is C10H5ClF3N3O2. The Morgan fingerprint density at radius 2 is 2.11 bits per heavy atom. The molecule has 9 heteroatoms. The number of pyridine rings is 1. The van der Waals surface area contributed by atoms with E-state index in [0.717, 1.165) is 29.2 Å². The predicted octanol–water partition coefficient (Wildman–Crippen LogP) is 2.64. The summed E-state index contributed by atoms with van der Waals surface area (Å²) in [5, 5.41) is 11.9. The van der Waals surface area contributed by atoms with E-state index in [2.05, 4.69) is 10.1 Å². The van der Waals surface area contributed by atoms with Gasteiger partial charge in [-0.05, 0) is 12.1 Å². The van der Waals surface area contributed by atoms with E-state index in [4.69, 9.17) is 16.7 Å².